The van der Waals surface area contributed by atoms with Gasteiger partial charge in [0.25, 0.3) is 0 Å². The van der Waals surface area contributed by atoms with E-state index >= 15 is 0 Å². The van der Waals surface area contributed by atoms with Crippen LogP contribution in [0.2, 0.25) is 0 Å². The molecule has 0 aromatic heterocycles. The number of hydrogen-bond acceptors (Lipinski definition) is 3. The molecule has 0 aliphatic heterocycles. The third-order valence-corrected chi connectivity index (χ3v) is 2.86. The lowest BCUT2D eigenvalue weighted by molar-refractivity contribution is -0.138. The van der Waals surface area contributed by atoms with Crippen molar-refractivity contribution in [1.29, 1.82) is 0 Å². The molecule has 0 saturated heterocycles. The maximum atomic E-state index is 11.1. The molecule has 5 heteroatoms. The Balaban J connectivity index is 3.02. The van der Waals surface area contributed by atoms with Gasteiger partial charge < -0.3 is 9.84 Å². The van der Waals surface area contributed by atoms with Crippen molar-refractivity contribution in [2.24, 2.45) is 0 Å². The molecule has 0 saturated carbocycles. The van der Waals surface area contributed by atoms with E-state index in [2.05, 4.69) is 20.7 Å². The molecule has 0 aromatic rings. The summed E-state index contributed by atoms with van der Waals surface area (Å²) in [5, 5.41) is 8.80. The van der Waals surface area contributed by atoms with Crippen LogP contribution in [0.1, 0.15) is 12.8 Å². The number of rotatable bonds is 2. The summed E-state index contributed by atoms with van der Waals surface area (Å²) in [7, 11) is 1.25. The molecular formula is C8H9BrO4. The Hall–Kier alpha value is -0.840. The Morgan fingerprint density at radius 2 is 2.23 bits per heavy atom. The predicted molar refractivity (Wildman–Crippen MR) is 48.6 cm³/mol. The molecule has 1 rings (SSSR count). The monoisotopic (exact) mass is 248 g/mol. The van der Waals surface area contributed by atoms with Crippen LogP contribution in [0.4, 0.5) is 0 Å². The molecule has 1 atom stereocenters. The number of methoxy groups -OCH3 is 1. The van der Waals surface area contributed by atoms with Gasteiger partial charge in [0.05, 0.1) is 12.7 Å². The predicted octanol–water partition coefficient (Wildman–Crippen LogP) is 1.10. The van der Waals surface area contributed by atoms with Crippen LogP contribution in [0.3, 0.4) is 0 Å². The quantitative estimate of drug-likeness (QED) is 0.587. The SMILES string of the molecule is COC(=O)C1=C(C(=O)O)C(Br)CC1. The standard InChI is InChI=1S/C8H9BrO4/c1-13-8(12)4-2-3-5(9)6(4)7(10)11/h5H,2-3H2,1H3,(H,10,11). The van der Waals surface area contributed by atoms with Crippen molar-refractivity contribution in [3.63, 3.8) is 0 Å². The Bertz CT molecular complexity index is 282. The fourth-order valence-corrected chi connectivity index (χ4v) is 2.04. The Kier molecular flexibility index (Phi) is 3.08. The summed E-state index contributed by atoms with van der Waals surface area (Å²) in [6.45, 7) is 0. The lowest BCUT2D eigenvalue weighted by Gasteiger charge is -2.02. The second-order valence-corrected chi connectivity index (χ2v) is 3.80. The minimum absolute atomic E-state index is 0.131. The number of carbonyl (C=O) groups excluding carboxylic acids is 1. The average molecular weight is 249 g/mol. The van der Waals surface area contributed by atoms with E-state index in [1.165, 1.54) is 7.11 Å². The van der Waals surface area contributed by atoms with Gasteiger partial charge >= 0.3 is 11.9 Å². The molecule has 1 N–H and O–H groups in total. The molecule has 72 valence electrons. The molecule has 0 radical (unpaired) electrons. The second kappa shape index (κ2) is 3.91. The van der Waals surface area contributed by atoms with Gasteiger partial charge in [-0.2, -0.15) is 0 Å². The highest BCUT2D eigenvalue weighted by atomic mass is 79.9. The van der Waals surface area contributed by atoms with Gasteiger partial charge in [0.1, 0.15) is 0 Å². The van der Waals surface area contributed by atoms with Crippen LogP contribution in [0, 0.1) is 0 Å². The van der Waals surface area contributed by atoms with E-state index in [0.29, 0.717) is 12.8 Å². The highest BCUT2D eigenvalue weighted by Gasteiger charge is 2.32. The van der Waals surface area contributed by atoms with Crippen molar-refractivity contribution >= 4 is 27.9 Å². The van der Waals surface area contributed by atoms with E-state index in [9.17, 15) is 9.59 Å². The van der Waals surface area contributed by atoms with Crippen LogP contribution in [-0.2, 0) is 14.3 Å². The fourth-order valence-electron chi connectivity index (χ4n) is 1.34. The van der Waals surface area contributed by atoms with E-state index in [1.54, 1.807) is 0 Å². The number of halogens is 1. The van der Waals surface area contributed by atoms with Gasteiger partial charge in [-0.15, -0.1) is 0 Å². The van der Waals surface area contributed by atoms with Crippen LogP contribution in [0.5, 0.6) is 0 Å². The van der Waals surface area contributed by atoms with Crippen LogP contribution < -0.4 is 0 Å². The lowest BCUT2D eigenvalue weighted by Crippen LogP contribution is -2.12. The Labute approximate surface area is 83.7 Å². The summed E-state index contributed by atoms with van der Waals surface area (Å²) < 4.78 is 4.48. The van der Waals surface area contributed by atoms with Crippen LogP contribution >= 0.6 is 15.9 Å². The summed E-state index contributed by atoms with van der Waals surface area (Å²) in [6, 6.07) is 0. The largest absolute Gasteiger partial charge is 0.478 e. The van der Waals surface area contributed by atoms with E-state index in [0.717, 1.165) is 0 Å². The maximum Gasteiger partial charge on any atom is 0.334 e. The van der Waals surface area contributed by atoms with E-state index in [-0.39, 0.29) is 16.0 Å². The van der Waals surface area contributed by atoms with Gasteiger partial charge in [0.2, 0.25) is 0 Å². The smallest absolute Gasteiger partial charge is 0.334 e. The molecule has 1 aliphatic carbocycles. The summed E-state index contributed by atoms with van der Waals surface area (Å²) in [6.07, 6.45) is 1.09. The van der Waals surface area contributed by atoms with Crippen molar-refractivity contribution in [2.75, 3.05) is 7.11 Å². The number of ether oxygens (including phenoxy) is 1. The fraction of sp³-hybridized carbons (Fsp3) is 0.500. The number of carbonyl (C=O) groups is 2. The van der Waals surface area contributed by atoms with E-state index in [4.69, 9.17) is 5.11 Å². The highest BCUT2D eigenvalue weighted by molar-refractivity contribution is 9.09. The second-order valence-electron chi connectivity index (χ2n) is 2.70. The van der Waals surface area contributed by atoms with Crippen molar-refractivity contribution in [1.82, 2.24) is 0 Å². The van der Waals surface area contributed by atoms with Crippen molar-refractivity contribution in [2.45, 2.75) is 17.7 Å². The van der Waals surface area contributed by atoms with Gasteiger partial charge in [-0.25, -0.2) is 9.59 Å². The van der Waals surface area contributed by atoms with Crippen LogP contribution in [0.25, 0.3) is 0 Å². The third kappa shape index (κ3) is 1.91. The molecule has 1 unspecified atom stereocenters. The first kappa shape index (κ1) is 10.2. The molecule has 0 fully saturated rings. The van der Waals surface area contributed by atoms with Crippen molar-refractivity contribution < 1.29 is 19.4 Å². The van der Waals surface area contributed by atoms with Gasteiger partial charge in [-0.05, 0) is 12.8 Å². The zero-order valence-electron chi connectivity index (χ0n) is 7.04. The van der Waals surface area contributed by atoms with Gasteiger partial charge in [0.15, 0.2) is 0 Å². The van der Waals surface area contributed by atoms with Crippen LogP contribution in [0.15, 0.2) is 11.1 Å². The zero-order valence-corrected chi connectivity index (χ0v) is 8.63. The molecule has 0 amide bonds. The topological polar surface area (TPSA) is 63.6 Å². The normalized spacial score (nSPS) is 21.8. The van der Waals surface area contributed by atoms with Gasteiger partial charge in [0, 0.05) is 10.4 Å². The number of aliphatic carboxylic acids is 1. The van der Waals surface area contributed by atoms with Crippen molar-refractivity contribution in [3.05, 3.63) is 11.1 Å². The first-order chi connectivity index (χ1) is 6.07. The van der Waals surface area contributed by atoms with E-state index in [1.807, 2.05) is 0 Å². The molecule has 0 bridgehead atoms. The molecule has 1 aliphatic rings. The average Bonchev–Trinajstić information content (AvgIpc) is 2.45. The molecule has 13 heavy (non-hydrogen) atoms. The maximum absolute atomic E-state index is 11.1. The Morgan fingerprint density at radius 3 is 2.69 bits per heavy atom. The molecule has 4 nitrogen and oxygen atoms in total. The molecule has 0 spiro atoms. The van der Waals surface area contributed by atoms with Crippen LogP contribution in [-0.4, -0.2) is 29.0 Å². The minimum atomic E-state index is -1.06. The summed E-state index contributed by atoms with van der Waals surface area (Å²) in [4.78, 5) is 21.6. The minimum Gasteiger partial charge on any atom is -0.478 e. The van der Waals surface area contributed by atoms with Crippen molar-refractivity contribution in [3.8, 4) is 0 Å². The first-order valence-electron chi connectivity index (χ1n) is 3.76. The van der Waals surface area contributed by atoms with Gasteiger partial charge in [-0.3, -0.25) is 0 Å². The van der Waals surface area contributed by atoms with Gasteiger partial charge in [-0.1, -0.05) is 15.9 Å². The lowest BCUT2D eigenvalue weighted by atomic mass is 10.1. The number of hydrogen-bond donors (Lipinski definition) is 1. The Morgan fingerprint density at radius 1 is 1.62 bits per heavy atom. The summed E-state index contributed by atoms with van der Waals surface area (Å²) in [5.41, 5.74) is 0.406. The number of alkyl halides is 1. The summed E-state index contributed by atoms with van der Waals surface area (Å²) in [5.74, 6) is -1.60. The number of carboxylic acids is 1. The number of carboxylic acid groups (broad SMARTS) is 1. The summed E-state index contributed by atoms with van der Waals surface area (Å²) >= 11 is 3.20. The molecule has 0 heterocycles. The molecule has 0 aromatic carbocycles. The third-order valence-electron chi connectivity index (χ3n) is 1.95. The highest BCUT2D eigenvalue weighted by Crippen LogP contribution is 2.32. The number of esters is 1. The molecular weight excluding hydrogens is 240 g/mol. The van der Waals surface area contributed by atoms with E-state index < -0.39 is 11.9 Å². The first-order valence-corrected chi connectivity index (χ1v) is 4.68. The zero-order chi connectivity index (χ0) is 10.0.